The van der Waals surface area contributed by atoms with Gasteiger partial charge in [-0.15, -0.1) is 11.3 Å². The number of hydrogen-bond acceptors (Lipinski definition) is 4. The molecular weight excluding hydrogens is 378 g/mol. The molecule has 2 fully saturated rings. The van der Waals surface area contributed by atoms with Gasteiger partial charge in [-0.3, -0.25) is 9.69 Å². The lowest BCUT2D eigenvalue weighted by Gasteiger charge is -2.57. The van der Waals surface area contributed by atoms with Gasteiger partial charge in [-0.1, -0.05) is 23.7 Å². The number of amides is 1. The molecule has 27 heavy (non-hydrogen) atoms. The third kappa shape index (κ3) is 4.20. The molecular formula is C21H26ClN3OS. The molecule has 0 aliphatic carbocycles. The van der Waals surface area contributed by atoms with Gasteiger partial charge in [-0.05, 0) is 50.3 Å². The van der Waals surface area contributed by atoms with Crippen LogP contribution >= 0.6 is 22.9 Å². The van der Waals surface area contributed by atoms with E-state index >= 15 is 0 Å². The first-order valence-electron chi connectivity index (χ1n) is 9.73. The number of aromatic nitrogens is 1. The molecule has 0 radical (unpaired) electrons. The molecule has 2 saturated heterocycles. The van der Waals surface area contributed by atoms with Crippen LogP contribution in [0.15, 0.2) is 30.5 Å². The van der Waals surface area contributed by atoms with Gasteiger partial charge in [0, 0.05) is 54.2 Å². The highest BCUT2D eigenvalue weighted by Crippen LogP contribution is 2.40. The Hall–Kier alpha value is -1.43. The van der Waals surface area contributed by atoms with Crippen LogP contribution in [0, 0.1) is 6.92 Å². The third-order valence-electron chi connectivity index (χ3n) is 5.98. The Labute approximate surface area is 170 Å². The van der Waals surface area contributed by atoms with E-state index in [2.05, 4.69) is 21.7 Å². The number of nitrogens with zero attached hydrogens (tertiary/aromatic N) is 3. The number of rotatable bonds is 5. The number of halogens is 1. The van der Waals surface area contributed by atoms with E-state index in [0.717, 1.165) is 49.1 Å². The Kier molecular flexibility index (Phi) is 5.53. The average Bonchev–Trinajstić information content (AvgIpc) is 3.10. The summed E-state index contributed by atoms with van der Waals surface area (Å²) in [5, 5.41) is 1.87. The van der Waals surface area contributed by atoms with Crippen LogP contribution in [-0.2, 0) is 17.8 Å². The molecule has 2 aromatic rings. The van der Waals surface area contributed by atoms with Crippen molar-refractivity contribution in [3.05, 3.63) is 50.9 Å². The van der Waals surface area contributed by atoms with E-state index in [1.165, 1.54) is 23.3 Å². The van der Waals surface area contributed by atoms with Crippen LogP contribution in [-0.4, -0.2) is 45.9 Å². The molecule has 1 aromatic heterocycles. The highest BCUT2D eigenvalue weighted by Gasteiger charge is 2.47. The molecule has 1 spiro atoms. The third-order valence-corrected chi connectivity index (χ3v) is 7.13. The van der Waals surface area contributed by atoms with Crippen molar-refractivity contribution in [2.45, 2.75) is 51.1 Å². The van der Waals surface area contributed by atoms with E-state index in [9.17, 15) is 4.79 Å². The maximum absolute atomic E-state index is 12.8. The van der Waals surface area contributed by atoms with Crippen LogP contribution in [0.5, 0.6) is 0 Å². The molecule has 6 heteroatoms. The van der Waals surface area contributed by atoms with Crippen molar-refractivity contribution in [2.24, 2.45) is 0 Å². The number of aryl methyl sites for hydroxylation is 2. The number of carbonyl (C=O) groups is 1. The monoisotopic (exact) mass is 403 g/mol. The minimum absolute atomic E-state index is 0.187. The summed E-state index contributed by atoms with van der Waals surface area (Å²) in [6.07, 6.45) is 6.86. The van der Waals surface area contributed by atoms with Crippen molar-refractivity contribution in [1.29, 1.82) is 0 Å². The summed E-state index contributed by atoms with van der Waals surface area (Å²) in [6.45, 7) is 5.93. The predicted molar refractivity (Wildman–Crippen MR) is 110 cm³/mol. The molecule has 2 aliphatic rings. The molecule has 4 rings (SSSR count). The van der Waals surface area contributed by atoms with Crippen molar-refractivity contribution in [1.82, 2.24) is 14.8 Å². The fourth-order valence-corrected chi connectivity index (χ4v) is 5.28. The summed E-state index contributed by atoms with van der Waals surface area (Å²) in [5.74, 6) is 0.282. The molecule has 1 aromatic carbocycles. The van der Waals surface area contributed by atoms with E-state index in [4.69, 9.17) is 11.6 Å². The van der Waals surface area contributed by atoms with Crippen LogP contribution in [0.4, 0.5) is 0 Å². The number of carbonyl (C=O) groups excluding carboxylic acids is 1. The van der Waals surface area contributed by atoms with E-state index in [0.29, 0.717) is 6.42 Å². The molecule has 0 bridgehead atoms. The highest BCUT2D eigenvalue weighted by molar-refractivity contribution is 7.11. The van der Waals surface area contributed by atoms with Crippen LogP contribution in [0.3, 0.4) is 0 Å². The van der Waals surface area contributed by atoms with Crippen LogP contribution in [0.1, 0.15) is 41.1 Å². The van der Waals surface area contributed by atoms with Crippen molar-refractivity contribution in [3.63, 3.8) is 0 Å². The summed E-state index contributed by atoms with van der Waals surface area (Å²) in [7, 11) is 0. The SMILES string of the molecule is Cc1ncc(CN2CC[C@@]23CCCN(C(=O)CCc2ccc(Cl)cc2)C3)s1. The lowest BCUT2D eigenvalue weighted by molar-refractivity contribution is -0.140. The molecule has 1 atom stereocenters. The summed E-state index contributed by atoms with van der Waals surface area (Å²) in [5.41, 5.74) is 1.36. The molecule has 1 amide bonds. The molecule has 0 unspecified atom stereocenters. The largest absolute Gasteiger partial charge is 0.341 e. The topological polar surface area (TPSA) is 36.4 Å². The second-order valence-corrected chi connectivity index (χ2v) is 9.54. The van der Waals surface area contributed by atoms with Gasteiger partial charge in [0.05, 0.1) is 5.01 Å². The Morgan fingerprint density at radius 3 is 2.74 bits per heavy atom. The van der Waals surface area contributed by atoms with Crippen molar-refractivity contribution in [3.8, 4) is 0 Å². The fraction of sp³-hybridized carbons (Fsp3) is 0.524. The van der Waals surface area contributed by atoms with Crippen molar-refractivity contribution >= 4 is 28.8 Å². The minimum Gasteiger partial charge on any atom is -0.341 e. The van der Waals surface area contributed by atoms with Crippen LogP contribution in [0.2, 0.25) is 5.02 Å². The van der Waals surface area contributed by atoms with Gasteiger partial charge in [0.1, 0.15) is 0 Å². The van der Waals surface area contributed by atoms with E-state index < -0.39 is 0 Å². The summed E-state index contributed by atoms with van der Waals surface area (Å²) < 4.78 is 0. The average molecular weight is 404 g/mol. The Bertz CT molecular complexity index is 806. The first kappa shape index (κ1) is 18.9. The normalized spacial score (nSPS) is 22.8. The zero-order valence-corrected chi connectivity index (χ0v) is 17.4. The number of thiazole rings is 1. The first-order chi connectivity index (χ1) is 13.0. The smallest absolute Gasteiger partial charge is 0.222 e. The van der Waals surface area contributed by atoms with Gasteiger partial charge in [-0.2, -0.15) is 0 Å². The molecule has 3 heterocycles. The number of likely N-dealkylation sites (tertiary alicyclic amines) is 2. The molecule has 4 nitrogen and oxygen atoms in total. The molecule has 2 aliphatic heterocycles. The van der Waals surface area contributed by atoms with Gasteiger partial charge >= 0.3 is 0 Å². The minimum atomic E-state index is 0.187. The zero-order valence-electron chi connectivity index (χ0n) is 15.8. The number of hydrogen-bond donors (Lipinski definition) is 0. The van der Waals surface area contributed by atoms with Gasteiger partial charge in [0.25, 0.3) is 0 Å². The highest BCUT2D eigenvalue weighted by atomic mass is 35.5. The van der Waals surface area contributed by atoms with E-state index in [-0.39, 0.29) is 11.4 Å². The van der Waals surface area contributed by atoms with E-state index in [1.807, 2.05) is 30.5 Å². The van der Waals surface area contributed by atoms with Gasteiger partial charge in [0.2, 0.25) is 5.91 Å². The first-order valence-corrected chi connectivity index (χ1v) is 10.9. The van der Waals surface area contributed by atoms with Crippen molar-refractivity contribution < 1.29 is 4.79 Å². The second kappa shape index (κ2) is 7.90. The molecule has 0 saturated carbocycles. The Morgan fingerprint density at radius 1 is 1.26 bits per heavy atom. The predicted octanol–water partition coefficient (Wildman–Crippen LogP) is 4.30. The zero-order chi connectivity index (χ0) is 18.9. The van der Waals surface area contributed by atoms with Gasteiger partial charge in [-0.25, -0.2) is 4.98 Å². The summed E-state index contributed by atoms with van der Waals surface area (Å²) in [6, 6.07) is 7.81. The maximum atomic E-state index is 12.8. The van der Waals surface area contributed by atoms with Crippen LogP contribution in [0.25, 0.3) is 0 Å². The van der Waals surface area contributed by atoms with Gasteiger partial charge in [0.15, 0.2) is 0 Å². The summed E-state index contributed by atoms with van der Waals surface area (Å²) in [4.78, 5) is 23.2. The Morgan fingerprint density at radius 2 is 2.07 bits per heavy atom. The summed E-state index contributed by atoms with van der Waals surface area (Å²) >= 11 is 7.72. The standard InChI is InChI=1S/C21H26ClN3OS/c1-16-23-13-19(27-16)14-25-12-10-21(25)9-2-11-24(15-21)20(26)8-5-17-3-6-18(22)7-4-17/h3-4,6-7,13H,2,5,8-12,14-15H2,1H3/t21-/m1/s1. The quantitative estimate of drug-likeness (QED) is 0.746. The second-order valence-electron chi connectivity index (χ2n) is 7.79. The van der Waals surface area contributed by atoms with Gasteiger partial charge < -0.3 is 4.90 Å². The maximum Gasteiger partial charge on any atom is 0.222 e. The molecule has 0 N–H and O–H groups in total. The van der Waals surface area contributed by atoms with E-state index in [1.54, 1.807) is 11.3 Å². The van der Waals surface area contributed by atoms with Crippen molar-refractivity contribution in [2.75, 3.05) is 19.6 Å². The lowest BCUT2D eigenvalue weighted by Crippen LogP contribution is -2.66. The number of benzene rings is 1. The lowest BCUT2D eigenvalue weighted by atomic mass is 9.77. The fourth-order valence-electron chi connectivity index (χ4n) is 4.35. The number of piperidine rings is 1. The van der Waals surface area contributed by atoms with Crippen LogP contribution < -0.4 is 0 Å². The Balaban J connectivity index is 1.34. The molecule has 144 valence electrons.